The van der Waals surface area contributed by atoms with E-state index in [2.05, 4.69) is 27.2 Å². The highest BCUT2D eigenvalue weighted by atomic mass is 16.5. The van der Waals surface area contributed by atoms with E-state index in [1.807, 2.05) is 37.5 Å². The van der Waals surface area contributed by atoms with Crippen LogP contribution in [0.15, 0.2) is 47.5 Å². The number of aryl methyl sites for hydroxylation is 1. The molecular formula is C31H39N9O4. The Morgan fingerprint density at radius 2 is 2.00 bits per heavy atom. The zero-order chi connectivity index (χ0) is 31.0. The lowest BCUT2D eigenvalue weighted by atomic mass is 9.92. The fourth-order valence-corrected chi connectivity index (χ4v) is 5.73. The van der Waals surface area contributed by atoms with Crippen LogP contribution >= 0.6 is 0 Å². The Kier molecular flexibility index (Phi) is 7.89. The van der Waals surface area contributed by atoms with Crippen molar-refractivity contribution in [2.24, 2.45) is 0 Å². The number of piperidine rings is 1. The first-order valence-corrected chi connectivity index (χ1v) is 14.8. The summed E-state index contributed by atoms with van der Waals surface area (Å²) in [6.45, 7) is 9.35. The van der Waals surface area contributed by atoms with Crippen molar-refractivity contribution in [2.75, 3.05) is 31.0 Å². The van der Waals surface area contributed by atoms with Gasteiger partial charge in [0.15, 0.2) is 11.5 Å². The summed E-state index contributed by atoms with van der Waals surface area (Å²) in [5.74, 6) is 3.21. The van der Waals surface area contributed by atoms with Gasteiger partial charge in [-0.05, 0) is 52.7 Å². The summed E-state index contributed by atoms with van der Waals surface area (Å²) >= 11 is 0. The van der Waals surface area contributed by atoms with Crippen molar-refractivity contribution >= 4 is 17.3 Å². The summed E-state index contributed by atoms with van der Waals surface area (Å²) in [5.41, 5.74) is 3.23. The molecule has 232 valence electrons. The van der Waals surface area contributed by atoms with E-state index in [9.17, 15) is 5.11 Å². The summed E-state index contributed by atoms with van der Waals surface area (Å²) < 4.78 is 20.2. The fourth-order valence-electron chi connectivity index (χ4n) is 5.73. The van der Waals surface area contributed by atoms with Crippen LogP contribution in [0.5, 0.6) is 11.5 Å². The van der Waals surface area contributed by atoms with Crippen LogP contribution in [0.3, 0.4) is 0 Å². The van der Waals surface area contributed by atoms with Crippen LogP contribution in [0.2, 0.25) is 0 Å². The number of fused-ring (bicyclic) bond motifs is 1. The van der Waals surface area contributed by atoms with E-state index in [1.165, 1.54) is 6.26 Å². The number of benzene rings is 1. The van der Waals surface area contributed by atoms with Gasteiger partial charge in [0.05, 0.1) is 44.4 Å². The quantitative estimate of drug-likeness (QED) is 0.234. The molecule has 0 amide bonds. The van der Waals surface area contributed by atoms with Crippen molar-refractivity contribution in [1.82, 2.24) is 34.3 Å². The van der Waals surface area contributed by atoms with Crippen LogP contribution in [-0.2, 0) is 13.1 Å². The van der Waals surface area contributed by atoms with Crippen molar-refractivity contribution in [1.29, 1.82) is 0 Å². The van der Waals surface area contributed by atoms with Gasteiger partial charge in [0, 0.05) is 48.4 Å². The van der Waals surface area contributed by atoms with Gasteiger partial charge in [-0.3, -0.25) is 4.68 Å². The smallest absolute Gasteiger partial charge is 0.245 e. The summed E-state index contributed by atoms with van der Waals surface area (Å²) in [4.78, 5) is 16.7. The molecule has 4 aromatic heterocycles. The van der Waals surface area contributed by atoms with Crippen molar-refractivity contribution in [2.45, 2.75) is 71.2 Å². The Hall–Kier alpha value is -4.65. The second kappa shape index (κ2) is 11.8. The molecular weight excluding hydrogens is 562 g/mol. The predicted molar refractivity (Wildman–Crippen MR) is 165 cm³/mol. The lowest BCUT2D eigenvalue weighted by Gasteiger charge is -2.37. The van der Waals surface area contributed by atoms with Crippen LogP contribution in [0.25, 0.3) is 17.2 Å². The molecule has 2 N–H and O–H groups in total. The zero-order valence-electron chi connectivity index (χ0n) is 26.0. The molecule has 0 spiro atoms. The molecule has 1 aliphatic rings. The molecule has 5 heterocycles. The van der Waals surface area contributed by atoms with E-state index >= 15 is 0 Å². The van der Waals surface area contributed by atoms with Crippen LogP contribution < -0.4 is 19.7 Å². The molecule has 6 rings (SSSR count). The first kappa shape index (κ1) is 29.4. The number of rotatable bonds is 10. The maximum atomic E-state index is 10.3. The lowest BCUT2D eigenvalue weighted by molar-refractivity contribution is 0.0577. The Labute approximate surface area is 255 Å². The number of ether oxygens (including phenoxy) is 2. The third kappa shape index (κ3) is 5.91. The first-order chi connectivity index (χ1) is 21.1. The SMILES string of the molecule is COc1ccc(CNc2nc(-c3ncco3)c(C)c3nc([C@@H]4CC[C@H](C)N(c5cnn(CC(C)(C)O)c5)C4)nn23)c(OC)c1. The second-order valence-corrected chi connectivity index (χ2v) is 12.0. The van der Waals surface area contributed by atoms with Crippen LogP contribution in [0, 0.1) is 6.92 Å². The largest absolute Gasteiger partial charge is 0.497 e. The molecule has 0 bridgehead atoms. The molecule has 0 saturated carbocycles. The Balaban J connectivity index is 1.33. The van der Waals surface area contributed by atoms with Gasteiger partial charge >= 0.3 is 0 Å². The van der Waals surface area contributed by atoms with Gasteiger partial charge in [-0.1, -0.05) is 0 Å². The zero-order valence-corrected chi connectivity index (χ0v) is 26.0. The number of nitrogens with one attached hydrogen (secondary N) is 1. The van der Waals surface area contributed by atoms with Gasteiger partial charge < -0.3 is 29.2 Å². The molecule has 1 fully saturated rings. The van der Waals surface area contributed by atoms with Gasteiger partial charge in [0.2, 0.25) is 11.8 Å². The molecule has 2 atom stereocenters. The average Bonchev–Trinajstić information content (AvgIpc) is 3.78. The molecule has 1 aliphatic heterocycles. The maximum absolute atomic E-state index is 10.3. The third-order valence-corrected chi connectivity index (χ3v) is 8.05. The molecule has 0 unspecified atom stereocenters. The molecule has 0 radical (unpaired) electrons. The normalized spacial score (nSPS) is 17.3. The van der Waals surface area contributed by atoms with Gasteiger partial charge in [0.1, 0.15) is 23.5 Å². The fraction of sp³-hybridized carbons (Fsp3) is 0.452. The lowest BCUT2D eigenvalue weighted by Crippen LogP contribution is -2.41. The van der Waals surface area contributed by atoms with Crippen LogP contribution in [0.4, 0.5) is 11.6 Å². The van der Waals surface area contributed by atoms with Crippen molar-refractivity contribution in [3.63, 3.8) is 0 Å². The van der Waals surface area contributed by atoms with Crippen LogP contribution in [-0.4, -0.2) is 71.9 Å². The van der Waals surface area contributed by atoms with E-state index in [0.717, 1.165) is 42.0 Å². The summed E-state index contributed by atoms with van der Waals surface area (Å²) in [6, 6.07) is 6.04. The van der Waals surface area contributed by atoms with Crippen LogP contribution in [0.1, 0.15) is 56.5 Å². The van der Waals surface area contributed by atoms with E-state index in [1.54, 1.807) is 43.5 Å². The van der Waals surface area contributed by atoms with Gasteiger partial charge in [-0.15, -0.1) is 5.10 Å². The minimum atomic E-state index is -0.847. The summed E-state index contributed by atoms with van der Waals surface area (Å²) in [5, 5.41) is 23.2. The number of hydrogen-bond donors (Lipinski definition) is 2. The second-order valence-electron chi connectivity index (χ2n) is 12.0. The number of oxazole rings is 1. The van der Waals surface area contributed by atoms with E-state index in [0.29, 0.717) is 53.8 Å². The molecule has 1 saturated heterocycles. The molecule has 1 aromatic carbocycles. The molecule has 5 aromatic rings. The number of hydrogen-bond acceptors (Lipinski definition) is 11. The van der Waals surface area contributed by atoms with E-state index in [4.69, 9.17) is 29.0 Å². The van der Waals surface area contributed by atoms with E-state index < -0.39 is 5.60 Å². The monoisotopic (exact) mass is 601 g/mol. The van der Waals surface area contributed by atoms with Crippen molar-refractivity contribution in [3.8, 4) is 23.1 Å². The number of anilines is 2. The highest BCUT2D eigenvalue weighted by Gasteiger charge is 2.31. The van der Waals surface area contributed by atoms with Crippen molar-refractivity contribution in [3.05, 3.63) is 60.0 Å². The number of nitrogens with zero attached hydrogens (tertiary/aromatic N) is 8. The van der Waals surface area contributed by atoms with Gasteiger partial charge in [-0.25, -0.2) is 15.0 Å². The highest BCUT2D eigenvalue weighted by molar-refractivity contribution is 5.66. The Morgan fingerprint density at radius 1 is 1.16 bits per heavy atom. The summed E-state index contributed by atoms with van der Waals surface area (Å²) in [6.07, 6.45) is 8.95. The minimum Gasteiger partial charge on any atom is -0.497 e. The molecule has 44 heavy (non-hydrogen) atoms. The Bertz CT molecular complexity index is 1740. The molecule has 13 nitrogen and oxygen atoms in total. The van der Waals surface area contributed by atoms with Gasteiger partial charge in [-0.2, -0.15) is 9.61 Å². The molecule has 13 heteroatoms. The van der Waals surface area contributed by atoms with Gasteiger partial charge in [0.25, 0.3) is 0 Å². The first-order valence-electron chi connectivity index (χ1n) is 14.8. The summed E-state index contributed by atoms with van der Waals surface area (Å²) in [7, 11) is 3.26. The highest BCUT2D eigenvalue weighted by Crippen LogP contribution is 2.34. The van der Waals surface area contributed by atoms with Crippen molar-refractivity contribution < 1.29 is 19.0 Å². The number of methoxy groups -OCH3 is 2. The average molecular weight is 602 g/mol. The molecule has 0 aliphatic carbocycles. The topological polar surface area (TPSA) is 141 Å². The Morgan fingerprint density at radius 3 is 2.73 bits per heavy atom. The maximum Gasteiger partial charge on any atom is 0.245 e. The third-order valence-electron chi connectivity index (χ3n) is 8.05. The minimum absolute atomic E-state index is 0.0999. The number of aromatic nitrogens is 7. The standard InChI is InChI=1S/C31H39N9O4/c1-19-7-8-22(16-39(19)23-15-34-38(17-23)18-31(3,4)41)27-36-28-20(2)26(29-32-11-12-44-29)35-30(40(28)37-27)33-14-21-9-10-24(42-5)13-25(21)43-6/h9-13,15,17,19,22,41H,7-8,14,16,18H2,1-6H3,(H,33,35)/t19-,22+/m0/s1. The number of aliphatic hydroxyl groups is 1. The predicted octanol–water partition coefficient (Wildman–Crippen LogP) is 4.46. The van der Waals surface area contributed by atoms with E-state index in [-0.39, 0.29) is 5.92 Å².